The second-order valence-corrected chi connectivity index (χ2v) is 5.95. The van der Waals surface area contributed by atoms with E-state index < -0.39 is 23.5 Å². The summed E-state index contributed by atoms with van der Waals surface area (Å²) in [6.07, 6.45) is 3.46. The number of carbonyl (C=O) groups excluding carboxylic acids is 2. The minimum atomic E-state index is -1.72. The molecule has 0 bridgehead atoms. The fraction of sp³-hybridized carbons (Fsp3) is 0.412. The third-order valence-corrected chi connectivity index (χ3v) is 4.46. The van der Waals surface area contributed by atoms with E-state index in [9.17, 15) is 14.7 Å². The number of fused-ring (bicyclic) bond motifs is 1. The summed E-state index contributed by atoms with van der Waals surface area (Å²) in [5.74, 6) is -0.995. The number of aliphatic hydroxyl groups is 2. The van der Waals surface area contributed by atoms with E-state index in [0.717, 1.165) is 0 Å². The molecule has 1 fully saturated rings. The number of aliphatic hydroxyl groups excluding tert-OH is 1. The van der Waals surface area contributed by atoms with Crippen LogP contribution in [0.4, 0.5) is 16.2 Å². The van der Waals surface area contributed by atoms with Crippen molar-refractivity contribution in [2.45, 2.75) is 18.9 Å². The highest BCUT2D eigenvalue weighted by atomic mass is 16.6. The second kappa shape index (κ2) is 6.26. The van der Waals surface area contributed by atoms with Gasteiger partial charge >= 0.3 is 6.09 Å². The van der Waals surface area contributed by atoms with Crippen LogP contribution in [0.2, 0.25) is 0 Å². The van der Waals surface area contributed by atoms with Crippen molar-refractivity contribution in [2.75, 3.05) is 30.0 Å². The van der Waals surface area contributed by atoms with Gasteiger partial charge in [0.05, 0.1) is 6.54 Å². The van der Waals surface area contributed by atoms with Crippen LogP contribution in [0.15, 0.2) is 30.4 Å². The van der Waals surface area contributed by atoms with Gasteiger partial charge in [0, 0.05) is 29.5 Å². The van der Waals surface area contributed by atoms with Gasteiger partial charge < -0.3 is 20.3 Å². The van der Waals surface area contributed by atoms with Gasteiger partial charge in [0.15, 0.2) is 5.60 Å². The first-order chi connectivity index (χ1) is 11.5. The van der Waals surface area contributed by atoms with Gasteiger partial charge in [-0.15, -0.1) is 0 Å². The molecule has 7 heteroatoms. The summed E-state index contributed by atoms with van der Waals surface area (Å²) >= 11 is 0. The average molecular weight is 332 g/mol. The number of amides is 2. The first-order valence-corrected chi connectivity index (χ1v) is 7.88. The first-order valence-electron chi connectivity index (χ1n) is 7.88. The standard InChI is InChI=1S/C17H20N2O5/c1-11(4-2-3-8-20)17(23)13-10-12(19-7-9-24-16(19)22)5-6-14(13)18-15(17)21/h2,4-6,10-11,20,23H,3,7-9H2,1H3,(H,18,21)/b4-2+/t11-,17+/m1/s1. The van der Waals surface area contributed by atoms with Crippen LogP contribution in [0.25, 0.3) is 0 Å². The van der Waals surface area contributed by atoms with Crippen LogP contribution >= 0.6 is 0 Å². The van der Waals surface area contributed by atoms with Gasteiger partial charge in [-0.1, -0.05) is 19.1 Å². The topological polar surface area (TPSA) is 99.1 Å². The fourth-order valence-corrected chi connectivity index (χ4v) is 3.06. The quantitative estimate of drug-likeness (QED) is 0.707. The molecule has 0 aliphatic carbocycles. The predicted octanol–water partition coefficient (Wildman–Crippen LogP) is 1.36. The van der Waals surface area contributed by atoms with Crippen LogP contribution < -0.4 is 10.2 Å². The van der Waals surface area contributed by atoms with Crippen LogP contribution in [-0.4, -0.2) is 42.0 Å². The zero-order valence-electron chi connectivity index (χ0n) is 13.4. The number of hydrogen-bond acceptors (Lipinski definition) is 5. The molecule has 24 heavy (non-hydrogen) atoms. The number of nitrogens with zero attached hydrogens (tertiary/aromatic N) is 1. The van der Waals surface area contributed by atoms with Crippen molar-refractivity contribution in [2.24, 2.45) is 5.92 Å². The van der Waals surface area contributed by atoms with Crippen LogP contribution in [-0.2, 0) is 15.1 Å². The van der Waals surface area contributed by atoms with E-state index in [1.54, 1.807) is 37.3 Å². The smallest absolute Gasteiger partial charge is 0.414 e. The second-order valence-electron chi connectivity index (χ2n) is 5.95. The molecule has 1 aromatic rings. The normalized spacial score (nSPS) is 24.2. The van der Waals surface area contributed by atoms with Crippen LogP contribution in [0.3, 0.4) is 0 Å². The van der Waals surface area contributed by atoms with E-state index >= 15 is 0 Å². The number of cyclic esters (lactones) is 1. The Morgan fingerprint density at radius 2 is 2.25 bits per heavy atom. The van der Waals surface area contributed by atoms with E-state index in [2.05, 4.69) is 5.32 Å². The van der Waals surface area contributed by atoms with Crippen molar-refractivity contribution < 1.29 is 24.5 Å². The number of hydrogen-bond donors (Lipinski definition) is 3. The Bertz CT molecular complexity index is 702. The Hall–Kier alpha value is -2.38. The minimum absolute atomic E-state index is 0.00561. The van der Waals surface area contributed by atoms with Gasteiger partial charge in [-0.05, 0) is 24.6 Å². The molecule has 2 heterocycles. The molecule has 3 rings (SSSR count). The molecule has 1 aromatic carbocycles. The first kappa shape index (κ1) is 16.5. The lowest BCUT2D eigenvalue weighted by atomic mass is 9.82. The summed E-state index contributed by atoms with van der Waals surface area (Å²) in [7, 11) is 0. The van der Waals surface area contributed by atoms with Crippen molar-refractivity contribution in [3.05, 3.63) is 35.9 Å². The molecule has 2 aliphatic rings. The molecule has 0 spiro atoms. The van der Waals surface area contributed by atoms with E-state index in [0.29, 0.717) is 36.5 Å². The van der Waals surface area contributed by atoms with Crippen molar-refractivity contribution in [3.63, 3.8) is 0 Å². The average Bonchev–Trinajstić information content (AvgIpc) is 3.10. The summed E-state index contributed by atoms with van der Waals surface area (Å²) in [6, 6.07) is 5.04. The Labute approximate surface area is 139 Å². The highest BCUT2D eigenvalue weighted by Crippen LogP contribution is 2.43. The highest BCUT2D eigenvalue weighted by Gasteiger charge is 2.49. The molecular formula is C17H20N2O5. The van der Waals surface area contributed by atoms with Crippen molar-refractivity contribution in [3.8, 4) is 0 Å². The van der Waals surface area contributed by atoms with Crippen molar-refractivity contribution >= 4 is 23.4 Å². The predicted molar refractivity (Wildman–Crippen MR) is 87.7 cm³/mol. The molecule has 7 nitrogen and oxygen atoms in total. The maximum Gasteiger partial charge on any atom is 0.414 e. The van der Waals surface area contributed by atoms with Gasteiger partial charge in [0.1, 0.15) is 6.61 Å². The van der Waals surface area contributed by atoms with E-state index in [1.807, 2.05) is 0 Å². The maximum absolute atomic E-state index is 12.4. The maximum atomic E-state index is 12.4. The molecule has 128 valence electrons. The molecule has 2 atom stereocenters. The summed E-state index contributed by atoms with van der Waals surface area (Å²) in [4.78, 5) is 25.6. The number of anilines is 2. The van der Waals surface area contributed by atoms with E-state index in [1.165, 1.54) is 4.90 Å². The molecule has 0 saturated carbocycles. The Balaban J connectivity index is 1.97. The van der Waals surface area contributed by atoms with Crippen LogP contribution in [0.5, 0.6) is 0 Å². The Morgan fingerprint density at radius 3 is 2.92 bits per heavy atom. The van der Waals surface area contributed by atoms with Gasteiger partial charge in [-0.25, -0.2) is 4.79 Å². The van der Waals surface area contributed by atoms with E-state index in [-0.39, 0.29) is 6.61 Å². The lowest BCUT2D eigenvalue weighted by Gasteiger charge is -2.26. The summed E-state index contributed by atoms with van der Waals surface area (Å²) in [6.45, 7) is 2.49. The fourth-order valence-electron chi connectivity index (χ4n) is 3.06. The van der Waals surface area contributed by atoms with Gasteiger partial charge in [0.25, 0.3) is 5.91 Å². The largest absolute Gasteiger partial charge is 0.447 e. The molecular weight excluding hydrogens is 312 g/mol. The number of nitrogens with one attached hydrogen (secondary N) is 1. The molecule has 2 amide bonds. The molecule has 3 N–H and O–H groups in total. The SMILES string of the molecule is C[C@H](/C=C/CCO)[C@@]1(O)C(=O)Nc2ccc(N3CCOC3=O)cc21. The highest BCUT2D eigenvalue weighted by molar-refractivity contribution is 6.06. The minimum Gasteiger partial charge on any atom is -0.447 e. The number of benzene rings is 1. The molecule has 0 radical (unpaired) electrons. The van der Waals surface area contributed by atoms with Gasteiger partial charge in [0.2, 0.25) is 0 Å². The summed E-state index contributed by atoms with van der Waals surface area (Å²) < 4.78 is 4.93. The number of rotatable bonds is 5. The Kier molecular flexibility index (Phi) is 4.29. The molecule has 0 aromatic heterocycles. The molecule has 1 saturated heterocycles. The molecule has 2 aliphatic heterocycles. The van der Waals surface area contributed by atoms with E-state index in [4.69, 9.17) is 9.84 Å². The zero-order chi connectivity index (χ0) is 17.3. The number of carbonyl (C=O) groups is 2. The van der Waals surface area contributed by atoms with Gasteiger partial charge in [-0.2, -0.15) is 0 Å². The summed E-state index contributed by atoms with van der Waals surface area (Å²) in [5.41, 5.74) is -0.175. The number of ether oxygens (including phenoxy) is 1. The third kappa shape index (κ3) is 2.55. The van der Waals surface area contributed by atoms with Crippen molar-refractivity contribution in [1.29, 1.82) is 0 Å². The third-order valence-electron chi connectivity index (χ3n) is 4.46. The van der Waals surface area contributed by atoms with Crippen LogP contribution in [0, 0.1) is 5.92 Å². The van der Waals surface area contributed by atoms with Crippen LogP contribution in [0.1, 0.15) is 18.9 Å². The lowest BCUT2D eigenvalue weighted by molar-refractivity contribution is -0.137. The van der Waals surface area contributed by atoms with Crippen molar-refractivity contribution in [1.82, 2.24) is 0 Å². The molecule has 0 unspecified atom stereocenters. The lowest BCUT2D eigenvalue weighted by Crippen LogP contribution is -2.39. The summed E-state index contributed by atoms with van der Waals surface area (Å²) in [5, 5.41) is 22.6. The Morgan fingerprint density at radius 1 is 1.46 bits per heavy atom. The zero-order valence-corrected chi connectivity index (χ0v) is 13.4. The van der Waals surface area contributed by atoms with Gasteiger partial charge in [-0.3, -0.25) is 9.69 Å². The monoisotopic (exact) mass is 332 g/mol.